The summed E-state index contributed by atoms with van der Waals surface area (Å²) in [5, 5.41) is 4.58. The van der Waals surface area contributed by atoms with E-state index in [-0.39, 0.29) is 0 Å². The van der Waals surface area contributed by atoms with E-state index in [1.54, 1.807) is 0 Å². The minimum atomic E-state index is 0.486. The van der Waals surface area contributed by atoms with Crippen molar-refractivity contribution < 1.29 is 0 Å². The predicted octanol–water partition coefficient (Wildman–Crippen LogP) is 4.44. The van der Waals surface area contributed by atoms with Gasteiger partial charge in [0.15, 0.2) is 0 Å². The lowest BCUT2D eigenvalue weighted by Gasteiger charge is -2.30. The Hall–Kier alpha value is -0.530. The summed E-state index contributed by atoms with van der Waals surface area (Å²) in [7, 11) is 0. The average Bonchev–Trinajstić information content (AvgIpc) is 2.27. The minimum Gasteiger partial charge on any atom is -0.311 e. The summed E-state index contributed by atoms with van der Waals surface area (Å²) >= 11 is 6.19. The summed E-state index contributed by atoms with van der Waals surface area (Å²) in [6.45, 7) is 4.56. The molecule has 0 spiro atoms. The maximum absolute atomic E-state index is 6.19. The van der Waals surface area contributed by atoms with Crippen LogP contribution in [0.5, 0.6) is 0 Å². The first-order valence-electron chi connectivity index (χ1n) is 7.14. The molecule has 0 bridgehead atoms. The number of nitrogens with one attached hydrogen (secondary N) is 1. The summed E-state index contributed by atoms with van der Waals surface area (Å²) in [5.74, 6) is 0.972. The molecule has 18 heavy (non-hydrogen) atoms. The molecule has 1 N–H and O–H groups in total. The Balaban J connectivity index is 1.77. The van der Waals surface area contributed by atoms with Gasteiger partial charge in [-0.1, -0.05) is 49.1 Å². The van der Waals surface area contributed by atoms with E-state index >= 15 is 0 Å². The molecule has 0 heterocycles. The van der Waals surface area contributed by atoms with E-state index in [0.29, 0.717) is 12.1 Å². The lowest BCUT2D eigenvalue weighted by atomic mass is 9.81. The van der Waals surface area contributed by atoms with Gasteiger partial charge in [-0.2, -0.15) is 0 Å². The van der Waals surface area contributed by atoms with E-state index in [1.807, 2.05) is 12.1 Å². The Morgan fingerprint density at radius 3 is 2.56 bits per heavy atom. The van der Waals surface area contributed by atoms with Gasteiger partial charge in [-0.15, -0.1) is 0 Å². The number of benzene rings is 1. The normalized spacial score (nSPS) is 19.3. The second kappa shape index (κ2) is 6.58. The Morgan fingerprint density at radius 2 is 1.94 bits per heavy atom. The molecular formula is C16H24ClN. The highest BCUT2D eigenvalue weighted by Crippen LogP contribution is 2.30. The third kappa shape index (κ3) is 4.00. The number of rotatable bonds is 6. The van der Waals surface area contributed by atoms with Crippen LogP contribution in [0.15, 0.2) is 24.3 Å². The second-order valence-electron chi connectivity index (χ2n) is 5.80. The van der Waals surface area contributed by atoms with Gasteiger partial charge in [0.1, 0.15) is 0 Å². The lowest BCUT2D eigenvalue weighted by molar-refractivity contribution is 0.259. The van der Waals surface area contributed by atoms with E-state index in [2.05, 4.69) is 31.3 Å². The Bertz CT molecular complexity index is 373. The molecule has 1 fully saturated rings. The van der Waals surface area contributed by atoms with Crippen molar-refractivity contribution in [3.8, 4) is 0 Å². The third-order valence-electron chi connectivity index (χ3n) is 3.96. The van der Waals surface area contributed by atoms with Gasteiger partial charge in [0, 0.05) is 17.1 Å². The van der Waals surface area contributed by atoms with Gasteiger partial charge in [0.05, 0.1) is 0 Å². The average molecular weight is 266 g/mol. The van der Waals surface area contributed by atoms with Crippen molar-refractivity contribution in [1.29, 1.82) is 0 Å². The summed E-state index contributed by atoms with van der Waals surface area (Å²) in [6.07, 6.45) is 6.64. The smallest absolute Gasteiger partial charge is 0.0438 e. The van der Waals surface area contributed by atoms with Crippen LogP contribution in [0.2, 0.25) is 5.02 Å². The van der Waals surface area contributed by atoms with Crippen molar-refractivity contribution in [2.24, 2.45) is 5.92 Å². The van der Waals surface area contributed by atoms with Gasteiger partial charge >= 0.3 is 0 Å². The molecule has 0 amide bonds. The number of halogens is 1. The van der Waals surface area contributed by atoms with Crippen LogP contribution in [0.3, 0.4) is 0 Å². The van der Waals surface area contributed by atoms with Crippen LogP contribution in [0.25, 0.3) is 0 Å². The maximum atomic E-state index is 6.19. The van der Waals surface area contributed by atoms with Crippen LogP contribution in [0, 0.1) is 5.92 Å². The zero-order valence-corrected chi connectivity index (χ0v) is 12.2. The summed E-state index contributed by atoms with van der Waals surface area (Å²) < 4.78 is 0. The van der Waals surface area contributed by atoms with E-state index in [1.165, 1.54) is 31.2 Å². The molecule has 100 valence electrons. The van der Waals surface area contributed by atoms with E-state index in [0.717, 1.165) is 17.4 Å². The fourth-order valence-corrected chi connectivity index (χ4v) is 3.05. The first kappa shape index (κ1) is 13.9. The molecule has 1 aromatic carbocycles. The summed E-state index contributed by atoms with van der Waals surface area (Å²) in [6, 6.07) is 9.25. The molecule has 2 rings (SSSR count). The first-order chi connectivity index (χ1) is 8.65. The lowest BCUT2D eigenvalue weighted by Crippen LogP contribution is -2.37. The van der Waals surface area contributed by atoms with Gasteiger partial charge in [0.2, 0.25) is 0 Å². The van der Waals surface area contributed by atoms with Crippen molar-refractivity contribution in [3.63, 3.8) is 0 Å². The monoisotopic (exact) mass is 265 g/mol. The Kier molecular flexibility index (Phi) is 5.08. The molecule has 2 unspecified atom stereocenters. The van der Waals surface area contributed by atoms with Crippen molar-refractivity contribution in [3.05, 3.63) is 34.9 Å². The fourth-order valence-electron chi connectivity index (χ4n) is 2.83. The molecule has 0 saturated heterocycles. The van der Waals surface area contributed by atoms with Crippen molar-refractivity contribution in [2.45, 2.75) is 58.0 Å². The molecule has 1 aliphatic rings. The number of hydrogen-bond acceptors (Lipinski definition) is 1. The molecule has 2 heteroatoms. The van der Waals surface area contributed by atoms with Crippen LogP contribution < -0.4 is 5.32 Å². The van der Waals surface area contributed by atoms with Gasteiger partial charge < -0.3 is 5.32 Å². The van der Waals surface area contributed by atoms with Crippen molar-refractivity contribution in [2.75, 3.05) is 0 Å². The molecule has 1 saturated carbocycles. The SMILES string of the molecule is CC(Cc1ccccc1Cl)NC(C)CC1CCC1. The van der Waals surface area contributed by atoms with Crippen molar-refractivity contribution in [1.82, 2.24) is 5.32 Å². The Labute approximate surface area is 116 Å². The van der Waals surface area contributed by atoms with Crippen LogP contribution in [0.4, 0.5) is 0 Å². The zero-order valence-electron chi connectivity index (χ0n) is 11.5. The minimum absolute atomic E-state index is 0.486. The Morgan fingerprint density at radius 1 is 1.22 bits per heavy atom. The predicted molar refractivity (Wildman–Crippen MR) is 79.2 cm³/mol. The largest absolute Gasteiger partial charge is 0.311 e. The van der Waals surface area contributed by atoms with E-state index in [4.69, 9.17) is 11.6 Å². The van der Waals surface area contributed by atoms with Crippen LogP contribution in [-0.2, 0) is 6.42 Å². The molecule has 1 aliphatic carbocycles. The van der Waals surface area contributed by atoms with Crippen molar-refractivity contribution >= 4 is 11.6 Å². The molecule has 1 nitrogen and oxygen atoms in total. The van der Waals surface area contributed by atoms with Crippen LogP contribution >= 0.6 is 11.6 Å². The van der Waals surface area contributed by atoms with Gasteiger partial charge in [-0.05, 0) is 44.2 Å². The topological polar surface area (TPSA) is 12.0 Å². The fraction of sp³-hybridized carbons (Fsp3) is 0.625. The van der Waals surface area contributed by atoms with E-state index in [9.17, 15) is 0 Å². The van der Waals surface area contributed by atoms with Crippen LogP contribution in [-0.4, -0.2) is 12.1 Å². The van der Waals surface area contributed by atoms with E-state index < -0.39 is 0 Å². The molecule has 0 aliphatic heterocycles. The molecule has 2 atom stereocenters. The number of hydrogen-bond donors (Lipinski definition) is 1. The molecule has 0 radical (unpaired) electrons. The second-order valence-corrected chi connectivity index (χ2v) is 6.20. The molecule has 1 aromatic rings. The standard InChI is InChI=1S/C16H24ClN/c1-12(10-14-6-5-7-14)18-13(2)11-15-8-3-4-9-16(15)17/h3-4,8-9,12-14,18H,5-7,10-11H2,1-2H3. The van der Waals surface area contributed by atoms with Crippen LogP contribution in [0.1, 0.15) is 45.1 Å². The first-order valence-corrected chi connectivity index (χ1v) is 7.52. The summed E-state index contributed by atoms with van der Waals surface area (Å²) in [4.78, 5) is 0. The maximum Gasteiger partial charge on any atom is 0.0438 e. The third-order valence-corrected chi connectivity index (χ3v) is 4.33. The summed E-state index contributed by atoms with van der Waals surface area (Å²) in [5.41, 5.74) is 1.25. The van der Waals surface area contributed by atoms with Gasteiger partial charge in [0.25, 0.3) is 0 Å². The molecule has 0 aromatic heterocycles. The highest BCUT2D eigenvalue weighted by atomic mass is 35.5. The highest BCUT2D eigenvalue weighted by Gasteiger charge is 2.20. The van der Waals surface area contributed by atoms with Gasteiger partial charge in [-0.25, -0.2) is 0 Å². The quantitative estimate of drug-likeness (QED) is 0.802. The zero-order chi connectivity index (χ0) is 13.0. The van der Waals surface area contributed by atoms with Gasteiger partial charge in [-0.3, -0.25) is 0 Å². The molecular weight excluding hydrogens is 242 g/mol. The highest BCUT2D eigenvalue weighted by molar-refractivity contribution is 6.31.